The zero-order chi connectivity index (χ0) is 13.0. The Balaban J connectivity index is 2.19. The van der Waals surface area contributed by atoms with Crippen LogP contribution in [0.2, 0.25) is 0 Å². The SMILES string of the molecule is CCC1(C(=O)N(C)c2ccccc2)CCCNC1. The van der Waals surface area contributed by atoms with E-state index in [0.717, 1.165) is 38.0 Å². The molecule has 98 valence electrons. The molecule has 0 bridgehead atoms. The molecule has 0 spiro atoms. The molecule has 18 heavy (non-hydrogen) atoms. The molecule has 1 aromatic rings. The van der Waals surface area contributed by atoms with Gasteiger partial charge in [0.2, 0.25) is 5.91 Å². The molecule has 1 aliphatic rings. The molecule has 1 unspecified atom stereocenters. The Bertz CT molecular complexity index is 396. The number of para-hydroxylation sites is 1. The highest BCUT2D eigenvalue weighted by Gasteiger charge is 2.39. The van der Waals surface area contributed by atoms with Crippen LogP contribution in [0.4, 0.5) is 5.69 Å². The Morgan fingerprint density at radius 3 is 2.67 bits per heavy atom. The van der Waals surface area contributed by atoms with Crippen molar-refractivity contribution in [2.24, 2.45) is 5.41 Å². The maximum atomic E-state index is 12.7. The van der Waals surface area contributed by atoms with E-state index >= 15 is 0 Å². The highest BCUT2D eigenvalue weighted by molar-refractivity contribution is 5.97. The lowest BCUT2D eigenvalue weighted by Crippen LogP contribution is -2.50. The van der Waals surface area contributed by atoms with Crippen LogP contribution in [0, 0.1) is 5.41 Å². The standard InChI is InChI=1S/C15H22N2O/c1-3-15(10-7-11-16-12-15)14(18)17(2)13-8-5-4-6-9-13/h4-6,8-9,16H,3,7,10-12H2,1-2H3. The minimum Gasteiger partial charge on any atom is -0.316 e. The van der Waals surface area contributed by atoms with Gasteiger partial charge in [0.1, 0.15) is 0 Å². The van der Waals surface area contributed by atoms with Gasteiger partial charge in [-0.1, -0.05) is 25.1 Å². The van der Waals surface area contributed by atoms with E-state index in [9.17, 15) is 4.79 Å². The van der Waals surface area contributed by atoms with Crippen LogP contribution in [0.25, 0.3) is 0 Å². The number of nitrogens with zero attached hydrogens (tertiary/aromatic N) is 1. The van der Waals surface area contributed by atoms with Gasteiger partial charge in [-0.05, 0) is 37.9 Å². The fourth-order valence-corrected chi connectivity index (χ4v) is 2.73. The van der Waals surface area contributed by atoms with Gasteiger partial charge < -0.3 is 10.2 Å². The highest BCUT2D eigenvalue weighted by Crippen LogP contribution is 2.33. The van der Waals surface area contributed by atoms with E-state index in [-0.39, 0.29) is 11.3 Å². The zero-order valence-electron chi connectivity index (χ0n) is 11.3. The number of hydrogen-bond donors (Lipinski definition) is 1. The van der Waals surface area contributed by atoms with Crippen molar-refractivity contribution in [3.63, 3.8) is 0 Å². The van der Waals surface area contributed by atoms with Gasteiger partial charge in [0.05, 0.1) is 5.41 Å². The first kappa shape index (κ1) is 13.1. The van der Waals surface area contributed by atoms with E-state index in [0.29, 0.717) is 0 Å². The van der Waals surface area contributed by atoms with E-state index < -0.39 is 0 Å². The first-order valence-corrected chi connectivity index (χ1v) is 6.73. The summed E-state index contributed by atoms with van der Waals surface area (Å²) in [6, 6.07) is 9.88. The Morgan fingerprint density at radius 1 is 1.39 bits per heavy atom. The number of benzene rings is 1. The van der Waals surface area contributed by atoms with E-state index in [4.69, 9.17) is 0 Å². The van der Waals surface area contributed by atoms with Gasteiger partial charge in [-0.15, -0.1) is 0 Å². The van der Waals surface area contributed by atoms with Crippen LogP contribution in [-0.2, 0) is 4.79 Å². The number of hydrogen-bond acceptors (Lipinski definition) is 2. The second-order valence-electron chi connectivity index (χ2n) is 5.11. The van der Waals surface area contributed by atoms with Gasteiger partial charge >= 0.3 is 0 Å². The second kappa shape index (κ2) is 5.53. The zero-order valence-corrected chi connectivity index (χ0v) is 11.3. The lowest BCUT2D eigenvalue weighted by atomic mass is 9.77. The summed E-state index contributed by atoms with van der Waals surface area (Å²) in [7, 11) is 1.88. The molecule has 3 nitrogen and oxygen atoms in total. The molecule has 3 heteroatoms. The number of piperidine rings is 1. The molecule has 1 fully saturated rings. The molecule has 1 atom stereocenters. The third-order valence-electron chi connectivity index (χ3n) is 4.05. The molecule has 2 rings (SSSR count). The first-order chi connectivity index (χ1) is 8.69. The summed E-state index contributed by atoms with van der Waals surface area (Å²) < 4.78 is 0. The predicted molar refractivity (Wildman–Crippen MR) is 74.7 cm³/mol. The summed E-state index contributed by atoms with van der Waals surface area (Å²) in [5, 5.41) is 3.37. The Hall–Kier alpha value is -1.35. The molecule has 0 saturated carbocycles. The third kappa shape index (κ3) is 2.41. The molecule has 0 aliphatic carbocycles. The predicted octanol–water partition coefficient (Wildman–Crippen LogP) is 2.43. The molecule has 1 aliphatic heterocycles. The molecule has 1 amide bonds. The van der Waals surface area contributed by atoms with Gasteiger partial charge in [0.15, 0.2) is 0 Å². The number of carbonyl (C=O) groups is 1. The molecular formula is C15H22N2O. The fourth-order valence-electron chi connectivity index (χ4n) is 2.73. The summed E-state index contributed by atoms with van der Waals surface area (Å²) in [5.74, 6) is 0.239. The average Bonchev–Trinajstić information content (AvgIpc) is 2.47. The number of anilines is 1. The van der Waals surface area contributed by atoms with Gasteiger partial charge in [0, 0.05) is 19.3 Å². The lowest BCUT2D eigenvalue weighted by Gasteiger charge is -2.38. The molecule has 1 aromatic carbocycles. The largest absolute Gasteiger partial charge is 0.316 e. The van der Waals surface area contributed by atoms with Crippen molar-refractivity contribution in [2.45, 2.75) is 26.2 Å². The Kier molecular flexibility index (Phi) is 4.02. The summed E-state index contributed by atoms with van der Waals surface area (Å²) in [4.78, 5) is 14.5. The molecule has 0 radical (unpaired) electrons. The van der Waals surface area contributed by atoms with E-state index in [2.05, 4.69) is 12.2 Å². The summed E-state index contributed by atoms with van der Waals surface area (Å²) in [5.41, 5.74) is 0.754. The Morgan fingerprint density at radius 2 is 2.11 bits per heavy atom. The second-order valence-corrected chi connectivity index (χ2v) is 5.11. The van der Waals surface area contributed by atoms with Gasteiger partial charge in [-0.3, -0.25) is 4.79 Å². The number of nitrogens with one attached hydrogen (secondary N) is 1. The van der Waals surface area contributed by atoms with Crippen LogP contribution in [0.3, 0.4) is 0 Å². The van der Waals surface area contributed by atoms with Crippen molar-refractivity contribution >= 4 is 11.6 Å². The van der Waals surface area contributed by atoms with Gasteiger partial charge in [-0.2, -0.15) is 0 Å². The van der Waals surface area contributed by atoms with E-state index in [1.807, 2.05) is 37.4 Å². The molecule has 1 N–H and O–H groups in total. The van der Waals surface area contributed by atoms with Crippen LogP contribution >= 0.6 is 0 Å². The molecule has 0 aromatic heterocycles. The van der Waals surface area contributed by atoms with E-state index in [1.54, 1.807) is 4.90 Å². The quantitative estimate of drug-likeness (QED) is 0.888. The van der Waals surface area contributed by atoms with Crippen LogP contribution in [0.1, 0.15) is 26.2 Å². The van der Waals surface area contributed by atoms with Crippen molar-refractivity contribution in [1.82, 2.24) is 5.32 Å². The third-order valence-corrected chi connectivity index (χ3v) is 4.05. The summed E-state index contributed by atoms with van der Waals surface area (Å²) in [6.45, 7) is 3.95. The summed E-state index contributed by atoms with van der Waals surface area (Å²) in [6.07, 6.45) is 2.98. The smallest absolute Gasteiger partial charge is 0.234 e. The molecule has 1 heterocycles. The molecular weight excluding hydrogens is 224 g/mol. The number of amides is 1. The van der Waals surface area contributed by atoms with Crippen LogP contribution < -0.4 is 10.2 Å². The lowest BCUT2D eigenvalue weighted by molar-refractivity contribution is -0.129. The maximum absolute atomic E-state index is 12.7. The van der Waals surface area contributed by atoms with Crippen molar-refractivity contribution in [3.05, 3.63) is 30.3 Å². The van der Waals surface area contributed by atoms with Crippen LogP contribution in [-0.4, -0.2) is 26.0 Å². The molecule has 1 saturated heterocycles. The monoisotopic (exact) mass is 246 g/mol. The van der Waals surface area contributed by atoms with Gasteiger partial charge in [-0.25, -0.2) is 0 Å². The minimum atomic E-state index is -0.219. The summed E-state index contributed by atoms with van der Waals surface area (Å²) >= 11 is 0. The first-order valence-electron chi connectivity index (χ1n) is 6.73. The van der Waals surface area contributed by atoms with Gasteiger partial charge in [0.25, 0.3) is 0 Å². The topological polar surface area (TPSA) is 32.3 Å². The van der Waals surface area contributed by atoms with E-state index in [1.165, 1.54) is 0 Å². The average molecular weight is 246 g/mol. The normalized spacial score (nSPS) is 23.7. The van der Waals surface area contributed by atoms with Crippen molar-refractivity contribution < 1.29 is 4.79 Å². The maximum Gasteiger partial charge on any atom is 0.234 e. The van der Waals surface area contributed by atoms with Crippen molar-refractivity contribution in [3.8, 4) is 0 Å². The van der Waals surface area contributed by atoms with Crippen LogP contribution in [0.15, 0.2) is 30.3 Å². The Labute approximate surface area is 109 Å². The number of rotatable bonds is 3. The highest BCUT2D eigenvalue weighted by atomic mass is 16.2. The number of carbonyl (C=O) groups excluding carboxylic acids is 1. The van der Waals surface area contributed by atoms with Crippen LogP contribution in [0.5, 0.6) is 0 Å². The fraction of sp³-hybridized carbons (Fsp3) is 0.533. The van der Waals surface area contributed by atoms with Crippen molar-refractivity contribution in [1.29, 1.82) is 0 Å². The van der Waals surface area contributed by atoms with Crippen molar-refractivity contribution in [2.75, 3.05) is 25.0 Å². The minimum absolute atomic E-state index is 0.219.